The van der Waals surface area contributed by atoms with E-state index in [9.17, 15) is 19.2 Å². The lowest BCUT2D eigenvalue weighted by Gasteiger charge is -2.50. The number of hydrogen-bond acceptors (Lipinski definition) is 8. The summed E-state index contributed by atoms with van der Waals surface area (Å²) < 4.78 is 20.1. The summed E-state index contributed by atoms with van der Waals surface area (Å²) in [6, 6.07) is 6.80. The maximum absolute atomic E-state index is 13.3. The lowest BCUT2D eigenvalue weighted by molar-refractivity contribution is -0.161. The van der Waals surface area contributed by atoms with E-state index < -0.39 is 47.0 Å². The van der Waals surface area contributed by atoms with Crippen molar-refractivity contribution in [2.75, 3.05) is 28.4 Å². The van der Waals surface area contributed by atoms with Crippen molar-refractivity contribution in [2.45, 2.75) is 11.8 Å². The summed E-state index contributed by atoms with van der Waals surface area (Å²) in [6.07, 6.45) is 7.76. The number of rotatable bonds is 4. The summed E-state index contributed by atoms with van der Waals surface area (Å²) in [5, 5.41) is 0. The zero-order chi connectivity index (χ0) is 23.5. The van der Waals surface area contributed by atoms with Gasteiger partial charge in [0.1, 0.15) is 0 Å². The molecule has 4 unspecified atom stereocenters. The first-order chi connectivity index (χ1) is 15.4. The van der Waals surface area contributed by atoms with Crippen molar-refractivity contribution in [1.82, 2.24) is 0 Å². The van der Waals surface area contributed by atoms with Crippen LogP contribution in [0, 0.1) is 11.3 Å². The molecule has 32 heavy (non-hydrogen) atoms. The molecule has 0 saturated carbocycles. The number of allylic oxidation sites excluding steroid dienone is 5. The van der Waals surface area contributed by atoms with Gasteiger partial charge in [-0.25, -0.2) is 4.79 Å². The first-order valence-corrected chi connectivity index (χ1v) is 9.85. The minimum absolute atomic E-state index is 0.307. The van der Waals surface area contributed by atoms with Crippen LogP contribution in [0.5, 0.6) is 0 Å². The minimum atomic E-state index is -1.48. The van der Waals surface area contributed by atoms with E-state index >= 15 is 0 Å². The Balaban J connectivity index is 2.48. The van der Waals surface area contributed by atoms with Gasteiger partial charge in [-0.3, -0.25) is 14.4 Å². The van der Waals surface area contributed by atoms with Gasteiger partial charge in [-0.1, -0.05) is 48.6 Å². The van der Waals surface area contributed by atoms with Gasteiger partial charge >= 0.3 is 23.9 Å². The molecule has 2 aliphatic carbocycles. The fourth-order valence-electron chi connectivity index (χ4n) is 4.76. The van der Waals surface area contributed by atoms with Crippen molar-refractivity contribution in [1.29, 1.82) is 0 Å². The minimum Gasteiger partial charge on any atom is -0.469 e. The van der Waals surface area contributed by atoms with E-state index in [-0.39, 0.29) is 0 Å². The van der Waals surface area contributed by atoms with Crippen LogP contribution in [0.25, 0.3) is 0 Å². The van der Waals surface area contributed by atoms with E-state index in [1.165, 1.54) is 34.5 Å². The first-order valence-electron chi connectivity index (χ1n) is 9.85. The average molecular weight is 440 g/mol. The Labute approximate surface area is 185 Å². The molecule has 0 N–H and O–H groups in total. The lowest BCUT2D eigenvalue weighted by atomic mass is 9.50. The van der Waals surface area contributed by atoms with Crippen molar-refractivity contribution in [3.8, 4) is 0 Å². The zero-order valence-corrected chi connectivity index (χ0v) is 18.2. The molecule has 0 fully saturated rings. The summed E-state index contributed by atoms with van der Waals surface area (Å²) in [7, 11) is 4.88. The maximum atomic E-state index is 13.3. The second-order valence-electron chi connectivity index (χ2n) is 7.36. The third-order valence-corrected chi connectivity index (χ3v) is 6.05. The van der Waals surface area contributed by atoms with Gasteiger partial charge in [0.15, 0.2) is 0 Å². The molecule has 1 aromatic carbocycles. The molecular weight excluding hydrogens is 416 g/mol. The highest BCUT2D eigenvalue weighted by Crippen LogP contribution is 2.60. The second kappa shape index (κ2) is 9.21. The van der Waals surface area contributed by atoms with Crippen LogP contribution in [0.15, 0.2) is 60.2 Å². The third-order valence-electron chi connectivity index (χ3n) is 6.05. The number of hydrogen-bond donors (Lipinski definition) is 0. The largest absolute Gasteiger partial charge is 0.469 e. The smallest absolute Gasteiger partial charge is 0.330 e. The summed E-state index contributed by atoms with van der Waals surface area (Å²) in [4.78, 5) is 51.7. The predicted molar refractivity (Wildman–Crippen MR) is 112 cm³/mol. The Bertz CT molecular complexity index is 1030. The van der Waals surface area contributed by atoms with Crippen molar-refractivity contribution in [3.63, 3.8) is 0 Å². The quantitative estimate of drug-likeness (QED) is 0.399. The molecule has 2 aliphatic rings. The summed E-state index contributed by atoms with van der Waals surface area (Å²) in [6.45, 7) is 0. The Morgan fingerprint density at radius 3 is 2.03 bits per heavy atom. The van der Waals surface area contributed by atoms with E-state index in [0.717, 1.165) is 0 Å². The number of fused-ring (bicyclic) bond motifs is 1. The predicted octanol–water partition coefficient (Wildman–Crippen LogP) is 2.21. The Kier molecular flexibility index (Phi) is 6.62. The zero-order valence-electron chi connectivity index (χ0n) is 18.2. The van der Waals surface area contributed by atoms with Gasteiger partial charge < -0.3 is 18.9 Å². The van der Waals surface area contributed by atoms with Crippen molar-refractivity contribution in [3.05, 3.63) is 71.3 Å². The van der Waals surface area contributed by atoms with Crippen LogP contribution < -0.4 is 0 Å². The number of esters is 4. The second-order valence-corrected chi connectivity index (χ2v) is 7.36. The van der Waals surface area contributed by atoms with Crippen LogP contribution in [0.3, 0.4) is 0 Å². The van der Waals surface area contributed by atoms with Crippen LogP contribution in [-0.4, -0.2) is 52.3 Å². The molecule has 0 aromatic heterocycles. The number of ether oxygens (including phenoxy) is 4. The number of carbonyl (C=O) groups is 4. The van der Waals surface area contributed by atoms with Gasteiger partial charge in [0.05, 0.1) is 46.2 Å². The molecule has 1 spiro atoms. The van der Waals surface area contributed by atoms with Gasteiger partial charge in [0, 0.05) is 11.5 Å². The van der Waals surface area contributed by atoms with Crippen molar-refractivity contribution < 1.29 is 38.1 Å². The van der Waals surface area contributed by atoms with Crippen LogP contribution in [0.4, 0.5) is 0 Å². The molecule has 8 heteroatoms. The molecule has 0 heterocycles. The van der Waals surface area contributed by atoms with Crippen LogP contribution >= 0.6 is 0 Å². The highest BCUT2D eigenvalue weighted by atomic mass is 16.5. The van der Waals surface area contributed by atoms with E-state index in [0.29, 0.717) is 16.7 Å². The summed E-state index contributed by atoms with van der Waals surface area (Å²) in [5.41, 5.74) is -0.223. The third kappa shape index (κ3) is 3.51. The normalized spacial score (nSPS) is 26.9. The fraction of sp³-hybridized carbons (Fsp3) is 0.333. The van der Waals surface area contributed by atoms with E-state index in [1.54, 1.807) is 48.6 Å². The molecule has 4 atom stereocenters. The van der Waals surface area contributed by atoms with Crippen molar-refractivity contribution >= 4 is 23.9 Å². The Hall–Kier alpha value is -3.68. The molecular formula is C24H24O8. The Morgan fingerprint density at radius 2 is 1.44 bits per heavy atom. The van der Waals surface area contributed by atoms with Crippen LogP contribution in [-0.2, 0) is 38.1 Å². The Morgan fingerprint density at radius 1 is 0.812 bits per heavy atom. The summed E-state index contributed by atoms with van der Waals surface area (Å²) in [5.74, 6) is -6.09. The van der Waals surface area contributed by atoms with Crippen LogP contribution in [0.1, 0.15) is 23.0 Å². The first kappa shape index (κ1) is 23.0. The molecule has 0 radical (unpaired) electrons. The van der Waals surface area contributed by atoms with Gasteiger partial charge in [-0.15, -0.1) is 0 Å². The molecule has 1 aromatic rings. The van der Waals surface area contributed by atoms with Crippen molar-refractivity contribution in [2.24, 2.45) is 11.3 Å². The SMILES string of the molecule is COC(=O)/C=C1\C=CC=CC12C(C(=O)OC)c1ccccc1C(C(=O)OC)C2C(=O)OC. The van der Waals surface area contributed by atoms with Gasteiger partial charge in [0.2, 0.25) is 0 Å². The number of carbonyl (C=O) groups excluding carboxylic acids is 4. The highest BCUT2D eigenvalue weighted by molar-refractivity contribution is 5.94. The fourth-order valence-corrected chi connectivity index (χ4v) is 4.76. The number of methoxy groups -OCH3 is 4. The number of benzene rings is 1. The topological polar surface area (TPSA) is 105 Å². The lowest BCUT2D eigenvalue weighted by Crippen LogP contribution is -2.52. The van der Waals surface area contributed by atoms with Gasteiger partial charge in [0.25, 0.3) is 0 Å². The van der Waals surface area contributed by atoms with E-state index in [1.807, 2.05) is 0 Å². The van der Waals surface area contributed by atoms with Gasteiger partial charge in [-0.05, 0) is 16.7 Å². The highest BCUT2D eigenvalue weighted by Gasteiger charge is 2.62. The standard InChI is InChI=1S/C24H24O8/c1-29-17(25)13-14-9-7-8-12-24(14)19(22(27)31-3)16-11-6-5-10-15(16)18(21(26)30-2)20(24)23(28)32-4/h5-13,18-20H,1-4H3/b14-13+. The summed E-state index contributed by atoms with van der Waals surface area (Å²) >= 11 is 0. The molecule has 168 valence electrons. The van der Waals surface area contributed by atoms with E-state index in [2.05, 4.69) is 0 Å². The maximum Gasteiger partial charge on any atom is 0.330 e. The molecule has 0 bridgehead atoms. The monoisotopic (exact) mass is 440 g/mol. The van der Waals surface area contributed by atoms with Crippen LogP contribution in [0.2, 0.25) is 0 Å². The average Bonchev–Trinajstić information content (AvgIpc) is 2.83. The molecule has 0 aliphatic heterocycles. The molecule has 0 saturated heterocycles. The van der Waals surface area contributed by atoms with E-state index in [4.69, 9.17) is 18.9 Å². The molecule has 8 nitrogen and oxygen atoms in total. The molecule has 3 rings (SSSR count). The van der Waals surface area contributed by atoms with Gasteiger partial charge in [-0.2, -0.15) is 0 Å². The molecule has 0 amide bonds.